The zero-order valence-electron chi connectivity index (χ0n) is 9.06. The van der Waals surface area contributed by atoms with E-state index in [9.17, 15) is 0 Å². The van der Waals surface area contributed by atoms with Crippen molar-refractivity contribution in [2.45, 2.75) is 13.0 Å². The van der Waals surface area contributed by atoms with Gasteiger partial charge < -0.3 is 5.11 Å². The van der Waals surface area contributed by atoms with E-state index in [1.165, 1.54) is 11.1 Å². The van der Waals surface area contributed by atoms with Crippen molar-refractivity contribution in [2.24, 2.45) is 0 Å². The van der Waals surface area contributed by atoms with Gasteiger partial charge in [0.05, 0.1) is 6.61 Å². The Bertz CT molecular complexity index is 462. The predicted molar refractivity (Wildman–Crippen MR) is 67.0 cm³/mol. The van der Waals surface area contributed by atoms with Crippen LogP contribution in [0.3, 0.4) is 0 Å². The van der Waals surface area contributed by atoms with Crippen molar-refractivity contribution in [1.29, 1.82) is 0 Å². The van der Waals surface area contributed by atoms with Crippen molar-refractivity contribution in [2.75, 3.05) is 0 Å². The second-order valence-electron chi connectivity index (χ2n) is 3.90. The molecule has 2 aromatic rings. The fraction of sp³-hybridized carbons (Fsp3) is 0.143. The minimum absolute atomic E-state index is 0.0928. The number of hydrogen-bond acceptors (Lipinski definition) is 1. The van der Waals surface area contributed by atoms with Gasteiger partial charge in [-0.25, -0.2) is 0 Å². The molecule has 0 saturated heterocycles. The van der Waals surface area contributed by atoms with Crippen molar-refractivity contribution in [3.63, 3.8) is 0 Å². The molecule has 0 bridgehead atoms. The highest BCUT2D eigenvalue weighted by Gasteiger charge is 1.97. The van der Waals surface area contributed by atoms with Crippen molar-refractivity contribution >= 4 is 13.3 Å². The first kappa shape index (κ1) is 11.0. The lowest BCUT2D eigenvalue weighted by molar-refractivity contribution is 0.281. The van der Waals surface area contributed by atoms with Gasteiger partial charge in [-0.2, -0.15) is 0 Å². The van der Waals surface area contributed by atoms with Crippen LogP contribution >= 0.6 is 0 Å². The van der Waals surface area contributed by atoms with Crippen LogP contribution < -0.4 is 5.46 Å². The monoisotopic (exact) mass is 208 g/mol. The van der Waals surface area contributed by atoms with E-state index in [-0.39, 0.29) is 6.61 Å². The van der Waals surface area contributed by atoms with Gasteiger partial charge in [-0.15, -0.1) is 0 Å². The van der Waals surface area contributed by atoms with Gasteiger partial charge in [0.15, 0.2) is 0 Å². The molecular weight excluding hydrogens is 195 g/mol. The third kappa shape index (κ3) is 2.74. The lowest BCUT2D eigenvalue weighted by Crippen LogP contribution is -2.01. The fourth-order valence-electron chi connectivity index (χ4n) is 1.71. The topological polar surface area (TPSA) is 20.2 Å². The second kappa shape index (κ2) is 5.00. The summed E-state index contributed by atoms with van der Waals surface area (Å²) >= 11 is 0. The van der Waals surface area contributed by atoms with Gasteiger partial charge in [-0.05, 0) is 23.1 Å². The van der Waals surface area contributed by atoms with Crippen molar-refractivity contribution < 1.29 is 5.11 Å². The molecule has 16 heavy (non-hydrogen) atoms. The normalized spacial score (nSPS) is 10.3. The first-order valence-corrected chi connectivity index (χ1v) is 5.31. The van der Waals surface area contributed by atoms with E-state index in [0.717, 1.165) is 17.4 Å². The van der Waals surface area contributed by atoms with Crippen LogP contribution in [0.4, 0.5) is 0 Å². The smallest absolute Gasteiger partial charge is 0.113 e. The minimum atomic E-state index is 0.0928. The zero-order valence-corrected chi connectivity index (χ0v) is 9.06. The molecule has 1 nitrogen and oxygen atoms in total. The molecule has 78 valence electrons. The third-order valence-electron chi connectivity index (χ3n) is 2.56. The van der Waals surface area contributed by atoms with Gasteiger partial charge in [0.2, 0.25) is 0 Å². The van der Waals surface area contributed by atoms with Gasteiger partial charge >= 0.3 is 0 Å². The third-order valence-corrected chi connectivity index (χ3v) is 2.56. The number of aliphatic hydroxyl groups is 1. The SMILES string of the molecule is [B]c1ccc(Cc2cccc(CO)c2)cc1. The van der Waals surface area contributed by atoms with E-state index < -0.39 is 0 Å². The Morgan fingerprint density at radius 2 is 1.56 bits per heavy atom. The average Bonchev–Trinajstić information content (AvgIpc) is 2.32. The molecule has 0 aromatic heterocycles. The number of rotatable bonds is 3. The molecule has 2 heteroatoms. The van der Waals surface area contributed by atoms with Crippen LogP contribution in [0.25, 0.3) is 0 Å². The molecule has 0 heterocycles. The van der Waals surface area contributed by atoms with E-state index >= 15 is 0 Å². The van der Waals surface area contributed by atoms with Gasteiger partial charge in [0, 0.05) is 0 Å². The van der Waals surface area contributed by atoms with E-state index in [2.05, 4.69) is 6.07 Å². The van der Waals surface area contributed by atoms with E-state index in [1.807, 2.05) is 42.5 Å². The van der Waals surface area contributed by atoms with Crippen LogP contribution in [0.1, 0.15) is 16.7 Å². The largest absolute Gasteiger partial charge is 0.392 e. The summed E-state index contributed by atoms with van der Waals surface area (Å²) in [6, 6.07) is 15.9. The second-order valence-corrected chi connectivity index (χ2v) is 3.90. The van der Waals surface area contributed by atoms with Crippen LogP contribution in [0, 0.1) is 0 Å². The van der Waals surface area contributed by atoms with Gasteiger partial charge in [0.1, 0.15) is 7.85 Å². The molecular formula is C14H13BO. The predicted octanol–water partition coefficient (Wildman–Crippen LogP) is 1.56. The Balaban J connectivity index is 2.16. The number of aliphatic hydroxyl groups excluding tert-OH is 1. The van der Waals surface area contributed by atoms with Gasteiger partial charge in [0.25, 0.3) is 0 Å². The van der Waals surface area contributed by atoms with Crippen LogP contribution in [0.5, 0.6) is 0 Å². The maximum absolute atomic E-state index is 9.05. The average molecular weight is 208 g/mol. The maximum Gasteiger partial charge on any atom is 0.113 e. The molecule has 0 unspecified atom stereocenters. The molecule has 0 aliphatic carbocycles. The highest BCUT2D eigenvalue weighted by molar-refractivity contribution is 6.32. The lowest BCUT2D eigenvalue weighted by atomic mass is 9.94. The van der Waals surface area contributed by atoms with Crippen molar-refractivity contribution in [1.82, 2.24) is 0 Å². The summed E-state index contributed by atoms with van der Waals surface area (Å²) in [7, 11) is 5.63. The first-order valence-electron chi connectivity index (χ1n) is 5.31. The molecule has 0 aliphatic rings. The highest BCUT2D eigenvalue weighted by Crippen LogP contribution is 2.10. The summed E-state index contributed by atoms with van der Waals surface area (Å²) in [6.07, 6.45) is 0.869. The molecule has 0 spiro atoms. The van der Waals surface area contributed by atoms with Crippen LogP contribution in [-0.2, 0) is 13.0 Å². The van der Waals surface area contributed by atoms with Crippen LogP contribution in [0.2, 0.25) is 0 Å². The molecule has 0 amide bonds. The summed E-state index contributed by atoms with van der Waals surface area (Å²) in [4.78, 5) is 0. The Morgan fingerprint density at radius 1 is 0.875 bits per heavy atom. The number of hydrogen-bond donors (Lipinski definition) is 1. The van der Waals surface area contributed by atoms with E-state index in [1.54, 1.807) is 0 Å². The van der Waals surface area contributed by atoms with E-state index in [0.29, 0.717) is 0 Å². The Morgan fingerprint density at radius 3 is 2.25 bits per heavy atom. The first-order chi connectivity index (χ1) is 7.78. The van der Waals surface area contributed by atoms with Gasteiger partial charge in [-0.3, -0.25) is 0 Å². The van der Waals surface area contributed by atoms with Crippen LogP contribution in [0.15, 0.2) is 48.5 Å². The summed E-state index contributed by atoms with van der Waals surface area (Å²) in [6.45, 7) is 0.0928. The summed E-state index contributed by atoms with van der Waals surface area (Å²) in [5.41, 5.74) is 4.17. The number of benzene rings is 2. The van der Waals surface area contributed by atoms with Gasteiger partial charge in [-0.1, -0.05) is 54.0 Å². The van der Waals surface area contributed by atoms with Crippen LogP contribution in [-0.4, -0.2) is 13.0 Å². The summed E-state index contributed by atoms with van der Waals surface area (Å²) < 4.78 is 0. The standard InChI is InChI=1S/C14H13BO/c15-14-6-4-11(5-7-14)8-12-2-1-3-13(9-12)10-16/h1-7,9,16H,8,10H2. The molecule has 0 fully saturated rings. The summed E-state index contributed by atoms with van der Waals surface area (Å²) in [5.74, 6) is 0. The Kier molecular flexibility index (Phi) is 3.42. The Hall–Kier alpha value is -1.54. The fourth-order valence-corrected chi connectivity index (χ4v) is 1.71. The summed E-state index contributed by atoms with van der Waals surface area (Å²) in [5, 5.41) is 9.05. The van der Waals surface area contributed by atoms with Crippen molar-refractivity contribution in [3.05, 3.63) is 65.2 Å². The molecule has 2 radical (unpaired) electrons. The maximum atomic E-state index is 9.05. The molecule has 2 aromatic carbocycles. The quantitative estimate of drug-likeness (QED) is 0.759. The molecule has 2 rings (SSSR count). The van der Waals surface area contributed by atoms with E-state index in [4.69, 9.17) is 13.0 Å². The lowest BCUT2D eigenvalue weighted by Gasteiger charge is -2.04. The Labute approximate surface area is 97.2 Å². The highest BCUT2D eigenvalue weighted by atomic mass is 16.3. The molecule has 0 aliphatic heterocycles. The molecule has 1 N–H and O–H groups in total. The minimum Gasteiger partial charge on any atom is -0.392 e. The molecule has 0 saturated carbocycles. The van der Waals surface area contributed by atoms with Crippen molar-refractivity contribution in [3.8, 4) is 0 Å². The zero-order chi connectivity index (χ0) is 11.4. The molecule has 0 atom stereocenters.